The van der Waals surface area contributed by atoms with E-state index >= 15 is 0 Å². The second kappa shape index (κ2) is 5.34. The van der Waals surface area contributed by atoms with Gasteiger partial charge in [-0.25, -0.2) is 4.98 Å². The van der Waals surface area contributed by atoms with Gasteiger partial charge in [-0.2, -0.15) is 0 Å². The van der Waals surface area contributed by atoms with Crippen molar-refractivity contribution in [3.8, 4) is 0 Å². The van der Waals surface area contributed by atoms with Crippen LogP contribution >= 0.6 is 0 Å². The van der Waals surface area contributed by atoms with Crippen molar-refractivity contribution in [1.29, 1.82) is 0 Å². The van der Waals surface area contributed by atoms with Crippen LogP contribution in [0.1, 0.15) is 16.1 Å². The summed E-state index contributed by atoms with van der Waals surface area (Å²) in [7, 11) is 0. The van der Waals surface area contributed by atoms with Crippen molar-refractivity contribution in [3.63, 3.8) is 0 Å². The van der Waals surface area contributed by atoms with Crippen LogP contribution < -0.4 is 5.32 Å². The molecule has 2 aromatic heterocycles. The Morgan fingerprint density at radius 3 is 2.84 bits per heavy atom. The van der Waals surface area contributed by atoms with E-state index < -0.39 is 5.97 Å². The Balaban J connectivity index is 2.19. The first-order valence-corrected chi connectivity index (χ1v) is 5.68. The van der Waals surface area contributed by atoms with Gasteiger partial charge in [0.1, 0.15) is 18.1 Å². The molecule has 2 rings (SSSR count). The van der Waals surface area contributed by atoms with Gasteiger partial charge in [-0.05, 0) is 30.7 Å². The number of amides is 1. The second-order valence-corrected chi connectivity index (χ2v) is 4.04. The van der Waals surface area contributed by atoms with Crippen LogP contribution in [0, 0.1) is 6.92 Å². The Hall–Kier alpha value is -2.63. The van der Waals surface area contributed by atoms with Crippen LogP contribution in [0.25, 0.3) is 0 Å². The number of anilines is 1. The molecule has 0 aliphatic carbocycles. The maximum atomic E-state index is 12.1. The number of aryl methyl sites for hydroxylation is 1. The molecule has 0 saturated heterocycles. The number of carboxylic acid groups (broad SMARTS) is 1. The highest BCUT2D eigenvalue weighted by atomic mass is 16.4. The quantitative estimate of drug-likeness (QED) is 0.872. The largest absolute Gasteiger partial charge is 0.480 e. The van der Waals surface area contributed by atoms with Crippen molar-refractivity contribution >= 4 is 17.7 Å². The summed E-state index contributed by atoms with van der Waals surface area (Å²) in [4.78, 5) is 26.8. The topological polar surface area (TPSA) is 84.2 Å². The Bertz CT molecular complexity index is 619. The van der Waals surface area contributed by atoms with Crippen molar-refractivity contribution in [3.05, 3.63) is 47.9 Å². The summed E-state index contributed by atoms with van der Waals surface area (Å²) in [5.41, 5.74) is 1.12. The fraction of sp³-hybridized carbons (Fsp3) is 0.154. The number of carboxylic acids is 1. The maximum Gasteiger partial charge on any atom is 0.323 e. The first kappa shape index (κ1) is 12.8. The molecule has 2 aromatic rings. The number of carbonyl (C=O) groups excluding carboxylic acids is 1. The third kappa shape index (κ3) is 2.98. The summed E-state index contributed by atoms with van der Waals surface area (Å²) in [5, 5.41) is 11.4. The fourth-order valence-electron chi connectivity index (χ4n) is 1.69. The highest BCUT2D eigenvalue weighted by molar-refractivity contribution is 6.03. The number of aliphatic carboxylic acids is 1. The number of carbonyl (C=O) groups is 2. The maximum absolute atomic E-state index is 12.1. The van der Waals surface area contributed by atoms with Gasteiger partial charge in [0.25, 0.3) is 5.91 Å². The van der Waals surface area contributed by atoms with Gasteiger partial charge < -0.3 is 15.0 Å². The van der Waals surface area contributed by atoms with E-state index in [0.29, 0.717) is 5.82 Å². The van der Waals surface area contributed by atoms with Crippen LogP contribution in [0.2, 0.25) is 0 Å². The third-order valence-corrected chi connectivity index (χ3v) is 2.61. The van der Waals surface area contributed by atoms with Gasteiger partial charge in [-0.15, -0.1) is 0 Å². The Kier molecular flexibility index (Phi) is 3.61. The number of nitrogens with zero attached hydrogens (tertiary/aromatic N) is 2. The molecule has 19 heavy (non-hydrogen) atoms. The molecule has 2 N–H and O–H groups in total. The number of hydrogen-bond acceptors (Lipinski definition) is 3. The molecule has 0 aliphatic heterocycles. The molecule has 0 bridgehead atoms. The lowest BCUT2D eigenvalue weighted by molar-refractivity contribution is -0.137. The molecule has 98 valence electrons. The SMILES string of the molecule is Cc1cccnc1NC(=O)c1cccn1CC(=O)O. The zero-order chi connectivity index (χ0) is 13.8. The minimum Gasteiger partial charge on any atom is -0.480 e. The highest BCUT2D eigenvalue weighted by Gasteiger charge is 2.13. The van der Waals surface area contributed by atoms with E-state index in [1.165, 1.54) is 4.57 Å². The molecule has 0 atom stereocenters. The minimum absolute atomic E-state index is 0.253. The first-order valence-electron chi connectivity index (χ1n) is 5.68. The van der Waals surface area contributed by atoms with Crippen LogP contribution in [-0.4, -0.2) is 26.5 Å². The summed E-state index contributed by atoms with van der Waals surface area (Å²) in [6.07, 6.45) is 3.13. The molecule has 0 unspecified atom stereocenters. The molecule has 2 heterocycles. The Morgan fingerprint density at radius 2 is 2.16 bits per heavy atom. The first-order chi connectivity index (χ1) is 9.08. The number of rotatable bonds is 4. The van der Waals surface area contributed by atoms with Gasteiger partial charge in [0.15, 0.2) is 0 Å². The van der Waals surface area contributed by atoms with Crippen LogP contribution in [0.5, 0.6) is 0 Å². The monoisotopic (exact) mass is 259 g/mol. The molecule has 0 fully saturated rings. The molecule has 0 spiro atoms. The van der Waals surface area contributed by atoms with E-state index in [1.54, 1.807) is 30.6 Å². The third-order valence-electron chi connectivity index (χ3n) is 2.61. The van der Waals surface area contributed by atoms with Gasteiger partial charge >= 0.3 is 5.97 Å². The molecular weight excluding hydrogens is 246 g/mol. The lowest BCUT2D eigenvalue weighted by Crippen LogP contribution is -2.20. The van der Waals surface area contributed by atoms with Crippen molar-refractivity contribution in [1.82, 2.24) is 9.55 Å². The van der Waals surface area contributed by atoms with Crippen LogP contribution in [0.4, 0.5) is 5.82 Å². The smallest absolute Gasteiger partial charge is 0.323 e. The van der Waals surface area contributed by atoms with E-state index in [9.17, 15) is 9.59 Å². The zero-order valence-corrected chi connectivity index (χ0v) is 10.3. The predicted octanol–water partition coefficient (Wildman–Crippen LogP) is 1.53. The molecule has 6 nitrogen and oxygen atoms in total. The fourth-order valence-corrected chi connectivity index (χ4v) is 1.69. The van der Waals surface area contributed by atoms with Crippen molar-refractivity contribution in [2.24, 2.45) is 0 Å². The van der Waals surface area contributed by atoms with Gasteiger partial charge in [0.05, 0.1) is 0 Å². The number of hydrogen-bond donors (Lipinski definition) is 2. The molecule has 1 amide bonds. The average Bonchev–Trinajstić information content (AvgIpc) is 2.79. The second-order valence-electron chi connectivity index (χ2n) is 4.04. The van der Waals surface area contributed by atoms with E-state index in [2.05, 4.69) is 10.3 Å². The van der Waals surface area contributed by atoms with Gasteiger partial charge in [0, 0.05) is 12.4 Å². The van der Waals surface area contributed by atoms with E-state index in [1.807, 2.05) is 13.0 Å². The summed E-state index contributed by atoms with van der Waals surface area (Å²) in [6, 6.07) is 6.80. The van der Waals surface area contributed by atoms with Gasteiger partial charge in [0.2, 0.25) is 0 Å². The lowest BCUT2D eigenvalue weighted by atomic mass is 10.3. The molecule has 6 heteroatoms. The summed E-state index contributed by atoms with van der Waals surface area (Å²) >= 11 is 0. The van der Waals surface area contributed by atoms with Crippen molar-refractivity contribution in [2.75, 3.05) is 5.32 Å². The molecule has 0 saturated carbocycles. The van der Waals surface area contributed by atoms with E-state index in [0.717, 1.165) is 5.56 Å². The molecule has 0 aliphatic rings. The van der Waals surface area contributed by atoms with Crippen LogP contribution in [0.15, 0.2) is 36.7 Å². The molecular formula is C13H13N3O3. The van der Waals surface area contributed by atoms with Gasteiger partial charge in [-0.3, -0.25) is 9.59 Å². The normalized spacial score (nSPS) is 10.2. The average molecular weight is 259 g/mol. The van der Waals surface area contributed by atoms with E-state index in [-0.39, 0.29) is 18.1 Å². The van der Waals surface area contributed by atoms with Crippen LogP contribution in [-0.2, 0) is 11.3 Å². The van der Waals surface area contributed by atoms with Gasteiger partial charge in [-0.1, -0.05) is 6.07 Å². The van der Waals surface area contributed by atoms with Crippen molar-refractivity contribution < 1.29 is 14.7 Å². The zero-order valence-electron chi connectivity index (χ0n) is 10.3. The molecule has 0 aromatic carbocycles. The number of pyridine rings is 1. The van der Waals surface area contributed by atoms with E-state index in [4.69, 9.17) is 5.11 Å². The summed E-state index contributed by atoms with van der Waals surface area (Å²) < 4.78 is 1.37. The molecule has 0 radical (unpaired) electrons. The highest BCUT2D eigenvalue weighted by Crippen LogP contribution is 2.11. The number of aromatic nitrogens is 2. The predicted molar refractivity (Wildman–Crippen MR) is 69.0 cm³/mol. The van der Waals surface area contributed by atoms with Crippen LogP contribution in [0.3, 0.4) is 0 Å². The number of nitrogens with one attached hydrogen (secondary N) is 1. The minimum atomic E-state index is -1.00. The summed E-state index contributed by atoms with van der Waals surface area (Å²) in [5.74, 6) is -0.914. The standard InChI is InChI=1S/C13H13N3O3/c1-9-4-2-6-14-12(9)15-13(19)10-5-3-7-16(10)8-11(17)18/h2-7H,8H2,1H3,(H,17,18)(H,14,15,19). The lowest BCUT2D eigenvalue weighted by Gasteiger charge is -2.08. The summed E-state index contributed by atoms with van der Waals surface area (Å²) in [6.45, 7) is 1.58. The van der Waals surface area contributed by atoms with Crippen molar-refractivity contribution in [2.45, 2.75) is 13.5 Å². The Morgan fingerprint density at radius 1 is 1.37 bits per heavy atom. The Labute approximate surface area is 109 Å².